The number of hydrogen-bond donors (Lipinski definition) is 3. The number of hydrogen-bond acceptors (Lipinski definition) is 4. The summed E-state index contributed by atoms with van der Waals surface area (Å²) < 4.78 is 7.95. The summed E-state index contributed by atoms with van der Waals surface area (Å²) in [6, 6.07) is 2.02. The quantitative estimate of drug-likeness (QED) is 0.660. The van der Waals surface area contributed by atoms with Crippen LogP contribution in [0.1, 0.15) is 45.5 Å². The Labute approximate surface area is 157 Å². The minimum atomic E-state index is -0.289. The minimum Gasteiger partial charge on any atom is -0.379 e. The maximum atomic E-state index is 12.2. The summed E-state index contributed by atoms with van der Waals surface area (Å²) in [6.07, 6.45) is 5.72. The number of imidazole rings is 1. The highest BCUT2D eigenvalue weighted by atomic mass is 16.5. The fourth-order valence-electron chi connectivity index (χ4n) is 3.63. The predicted molar refractivity (Wildman–Crippen MR) is 104 cm³/mol. The van der Waals surface area contributed by atoms with Crippen molar-refractivity contribution in [2.45, 2.75) is 51.7 Å². The second-order valence-electron chi connectivity index (χ2n) is 8.06. The number of carbonyl (C=O) groups excluding carboxylic acids is 1. The number of ether oxygens (including phenoxy) is 1. The van der Waals surface area contributed by atoms with Crippen molar-refractivity contribution in [2.24, 2.45) is 0 Å². The van der Waals surface area contributed by atoms with Crippen molar-refractivity contribution in [3.63, 3.8) is 0 Å². The number of nitrogens with one attached hydrogen (secondary N) is 3. The molecule has 1 aliphatic heterocycles. The fourth-order valence-corrected chi connectivity index (χ4v) is 3.63. The minimum absolute atomic E-state index is 0.201. The van der Waals surface area contributed by atoms with Gasteiger partial charge >= 0.3 is 6.03 Å². The Morgan fingerprint density at radius 1 is 1.44 bits per heavy atom. The van der Waals surface area contributed by atoms with Gasteiger partial charge in [0.15, 0.2) is 0 Å². The number of aromatic nitrogens is 4. The van der Waals surface area contributed by atoms with Gasteiger partial charge in [-0.05, 0) is 39.7 Å². The van der Waals surface area contributed by atoms with Crippen LogP contribution >= 0.6 is 0 Å². The first kappa shape index (κ1) is 17.8. The largest absolute Gasteiger partial charge is 0.379 e. The topological polar surface area (TPSA) is 96.9 Å². The maximum absolute atomic E-state index is 12.2. The van der Waals surface area contributed by atoms with Gasteiger partial charge in [0.25, 0.3) is 0 Å². The van der Waals surface area contributed by atoms with Crippen molar-refractivity contribution in [2.75, 3.05) is 13.2 Å². The molecule has 1 unspecified atom stereocenters. The molecule has 4 heterocycles. The zero-order valence-electron chi connectivity index (χ0n) is 16.0. The predicted octanol–water partition coefficient (Wildman–Crippen LogP) is 2.86. The molecule has 0 aromatic carbocycles. The highest BCUT2D eigenvalue weighted by Crippen LogP contribution is 2.30. The molecule has 27 heavy (non-hydrogen) atoms. The zero-order chi connectivity index (χ0) is 19.0. The molecule has 4 rings (SSSR count). The van der Waals surface area contributed by atoms with E-state index >= 15 is 0 Å². The molecule has 8 nitrogen and oxygen atoms in total. The molecule has 1 fully saturated rings. The van der Waals surface area contributed by atoms with Gasteiger partial charge < -0.3 is 24.9 Å². The molecule has 0 saturated carbocycles. The lowest BCUT2D eigenvalue weighted by molar-refractivity contribution is 0.0595. The molecule has 1 saturated heterocycles. The van der Waals surface area contributed by atoms with Crippen molar-refractivity contribution in [1.29, 1.82) is 0 Å². The highest BCUT2D eigenvalue weighted by Gasteiger charge is 2.24. The smallest absolute Gasteiger partial charge is 0.315 e. The molecule has 0 spiro atoms. The number of H-pyrrole nitrogens is 1. The van der Waals surface area contributed by atoms with E-state index in [-0.39, 0.29) is 17.6 Å². The van der Waals surface area contributed by atoms with Crippen molar-refractivity contribution in [3.8, 4) is 0 Å². The summed E-state index contributed by atoms with van der Waals surface area (Å²) in [5, 5.41) is 6.89. The van der Waals surface area contributed by atoms with Gasteiger partial charge in [0.05, 0.1) is 30.9 Å². The van der Waals surface area contributed by atoms with Gasteiger partial charge in [-0.25, -0.2) is 14.8 Å². The molecular weight excluding hydrogens is 344 g/mol. The first-order chi connectivity index (χ1) is 12.9. The number of nitrogens with zero attached hydrogens (tertiary/aromatic N) is 3. The van der Waals surface area contributed by atoms with E-state index in [1.165, 1.54) is 0 Å². The third kappa shape index (κ3) is 3.62. The summed E-state index contributed by atoms with van der Waals surface area (Å²) >= 11 is 0. The number of urea groups is 1. The van der Waals surface area contributed by atoms with Gasteiger partial charge in [-0.3, -0.25) is 0 Å². The van der Waals surface area contributed by atoms with E-state index in [1.54, 1.807) is 6.20 Å². The Morgan fingerprint density at radius 2 is 2.30 bits per heavy atom. The molecule has 3 aromatic rings. The van der Waals surface area contributed by atoms with Crippen LogP contribution in [0.5, 0.6) is 0 Å². The van der Waals surface area contributed by atoms with Crippen LogP contribution in [-0.2, 0) is 11.3 Å². The van der Waals surface area contributed by atoms with E-state index in [1.807, 2.05) is 33.0 Å². The lowest BCUT2D eigenvalue weighted by Gasteiger charge is -2.26. The number of fused-ring (bicyclic) bond motifs is 3. The number of carbonyl (C=O) groups is 1. The number of pyridine rings is 1. The summed E-state index contributed by atoms with van der Waals surface area (Å²) in [4.78, 5) is 24.6. The highest BCUT2D eigenvalue weighted by molar-refractivity contribution is 6.01. The van der Waals surface area contributed by atoms with Crippen LogP contribution in [0.2, 0.25) is 0 Å². The van der Waals surface area contributed by atoms with Gasteiger partial charge in [0, 0.05) is 23.7 Å². The summed E-state index contributed by atoms with van der Waals surface area (Å²) in [7, 11) is 0. The standard InChI is InChI=1S/C19H26N6O2/c1-19(2,3)24-18(26)22-10-15-23-14-9-21-17-13(6-7-20-17)16(14)25(15)12-5-4-8-27-11-12/h6-7,9,12H,4-5,8,10-11H2,1-3H3,(H,20,21)(H2,22,24,26). The monoisotopic (exact) mass is 370 g/mol. The van der Waals surface area contributed by atoms with Crippen LogP contribution < -0.4 is 10.6 Å². The average molecular weight is 370 g/mol. The third-order valence-corrected chi connectivity index (χ3v) is 4.70. The first-order valence-electron chi connectivity index (χ1n) is 9.39. The van der Waals surface area contributed by atoms with Crippen molar-refractivity contribution in [1.82, 2.24) is 30.2 Å². The molecule has 0 bridgehead atoms. The first-order valence-corrected chi connectivity index (χ1v) is 9.39. The molecule has 3 N–H and O–H groups in total. The molecule has 0 aliphatic carbocycles. The molecule has 1 atom stereocenters. The number of aromatic amines is 1. The normalized spacial score (nSPS) is 18.1. The summed E-state index contributed by atoms with van der Waals surface area (Å²) in [5.74, 6) is 0.819. The Hall–Kier alpha value is -2.61. The SMILES string of the molecule is CC(C)(C)NC(=O)NCc1nc2cnc3[nH]ccc3c2n1C1CCCOC1. The van der Waals surface area contributed by atoms with Crippen LogP contribution in [0.4, 0.5) is 4.79 Å². The fraction of sp³-hybridized carbons (Fsp3) is 0.526. The van der Waals surface area contributed by atoms with E-state index in [2.05, 4.69) is 25.2 Å². The zero-order valence-corrected chi connectivity index (χ0v) is 16.0. The van der Waals surface area contributed by atoms with Crippen LogP contribution in [0.15, 0.2) is 18.5 Å². The Kier molecular flexibility index (Phi) is 4.51. The lowest BCUT2D eigenvalue weighted by atomic mass is 10.1. The van der Waals surface area contributed by atoms with Gasteiger partial charge in [-0.1, -0.05) is 0 Å². The number of amides is 2. The summed E-state index contributed by atoms with van der Waals surface area (Å²) in [5.41, 5.74) is 2.43. The van der Waals surface area contributed by atoms with E-state index < -0.39 is 0 Å². The lowest BCUT2D eigenvalue weighted by Crippen LogP contribution is -2.46. The van der Waals surface area contributed by atoms with E-state index in [0.717, 1.165) is 47.3 Å². The Bertz CT molecular complexity index is 962. The van der Waals surface area contributed by atoms with Crippen LogP contribution in [0, 0.1) is 0 Å². The third-order valence-electron chi connectivity index (χ3n) is 4.70. The van der Waals surface area contributed by atoms with E-state index in [0.29, 0.717) is 13.2 Å². The molecule has 8 heteroatoms. The van der Waals surface area contributed by atoms with E-state index in [4.69, 9.17) is 9.72 Å². The van der Waals surface area contributed by atoms with Crippen LogP contribution in [-0.4, -0.2) is 44.3 Å². The van der Waals surface area contributed by atoms with Gasteiger partial charge in [-0.2, -0.15) is 0 Å². The molecule has 1 aliphatic rings. The van der Waals surface area contributed by atoms with Gasteiger partial charge in [-0.15, -0.1) is 0 Å². The second-order valence-corrected chi connectivity index (χ2v) is 8.06. The Morgan fingerprint density at radius 3 is 3.04 bits per heavy atom. The molecule has 3 aromatic heterocycles. The molecule has 0 radical (unpaired) electrons. The Balaban J connectivity index is 1.71. The van der Waals surface area contributed by atoms with Crippen molar-refractivity contribution >= 4 is 28.1 Å². The van der Waals surface area contributed by atoms with Crippen molar-refractivity contribution in [3.05, 3.63) is 24.3 Å². The van der Waals surface area contributed by atoms with Crippen molar-refractivity contribution < 1.29 is 9.53 Å². The van der Waals surface area contributed by atoms with Crippen LogP contribution in [0.3, 0.4) is 0 Å². The maximum Gasteiger partial charge on any atom is 0.315 e. The van der Waals surface area contributed by atoms with Crippen LogP contribution in [0.25, 0.3) is 22.1 Å². The second kappa shape index (κ2) is 6.84. The number of rotatable bonds is 3. The summed E-state index contributed by atoms with van der Waals surface area (Å²) in [6.45, 7) is 7.66. The molecular formula is C19H26N6O2. The average Bonchev–Trinajstić information content (AvgIpc) is 3.22. The van der Waals surface area contributed by atoms with E-state index in [9.17, 15) is 4.79 Å². The van der Waals surface area contributed by atoms with Gasteiger partial charge in [0.2, 0.25) is 0 Å². The van der Waals surface area contributed by atoms with Gasteiger partial charge in [0.1, 0.15) is 17.0 Å². The molecule has 2 amide bonds. The molecule has 144 valence electrons.